The summed E-state index contributed by atoms with van der Waals surface area (Å²) in [6.45, 7) is 11.7. The molecule has 0 unspecified atom stereocenters. The molecule has 0 amide bonds. The molecule has 2 heterocycles. The van der Waals surface area contributed by atoms with Gasteiger partial charge in [-0.1, -0.05) is 0 Å². The van der Waals surface area contributed by atoms with Crippen molar-refractivity contribution in [2.45, 2.75) is 45.6 Å². The third-order valence-electron chi connectivity index (χ3n) is 4.52. The van der Waals surface area contributed by atoms with Gasteiger partial charge in [0.2, 0.25) is 0 Å². The molecule has 2 aliphatic heterocycles. The van der Waals surface area contributed by atoms with E-state index in [1.807, 2.05) is 0 Å². The molecule has 0 aromatic carbocycles. The molecule has 2 rings (SSSR count). The Labute approximate surface area is 112 Å². The van der Waals surface area contributed by atoms with E-state index in [1.54, 1.807) is 0 Å². The number of nitrogens with zero attached hydrogens (tertiary/aromatic N) is 1. The SMILES string of the molecule is CC(C)N(CC1CCNCC1)CC1CCOCC1. The zero-order valence-electron chi connectivity index (χ0n) is 12.2. The molecule has 2 aliphatic rings. The first kappa shape index (κ1) is 14.3. The van der Waals surface area contributed by atoms with Gasteiger partial charge in [0.05, 0.1) is 0 Å². The Bertz CT molecular complexity index is 201. The summed E-state index contributed by atoms with van der Waals surface area (Å²) in [7, 11) is 0. The first-order valence-corrected chi connectivity index (χ1v) is 7.78. The highest BCUT2D eigenvalue weighted by Gasteiger charge is 2.22. The quantitative estimate of drug-likeness (QED) is 0.813. The molecule has 0 saturated carbocycles. The van der Waals surface area contributed by atoms with E-state index in [9.17, 15) is 0 Å². The Morgan fingerprint density at radius 1 is 1.00 bits per heavy atom. The van der Waals surface area contributed by atoms with Crippen LogP contribution in [0, 0.1) is 11.8 Å². The third kappa shape index (κ3) is 4.52. The van der Waals surface area contributed by atoms with Gasteiger partial charge in [0.25, 0.3) is 0 Å². The predicted octanol–water partition coefficient (Wildman–Crippen LogP) is 2.12. The predicted molar refractivity (Wildman–Crippen MR) is 75.8 cm³/mol. The topological polar surface area (TPSA) is 24.5 Å². The van der Waals surface area contributed by atoms with Crippen LogP contribution in [0.1, 0.15) is 39.5 Å². The fourth-order valence-corrected chi connectivity index (χ4v) is 3.15. The minimum absolute atomic E-state index is 0.683. The molecule has 3 heteroatoms. The van der Waals surface area contributed by atoms with Crippen molar-refractivity contribution in [1.82, 2.24) is 10.2 Å². The van der Waals surface area contributed by atoms with Crippen LogP contribution in [-0.2, 0) is 4.74 Å². The number of hydrogen-bond donors (Lipinski definition) is 1. The third-order valence-corrected chi connectivity index (χ3v) is 4.52. The molecule has 0 aromatic heterocycles. The molecule has 106 valence electrons. The maximum Gasteiger partial charge on any atom is 0.0469 e. The molecule has 0 aromatic rings. The van der Waals surface area contributed by atoms with Gasteiger partial charge in [0.15, 0.2) is 0 Å². The van der Waals surface area contributed by atoms with E-state index >= 15 is 0 Å². The fraction of sp³-hybridized carbons (Fsp3) is 1.00. The molecular formula is C15H30N2O. The Balaban J connectivity index is 1.78. The minimum atomic E-state index is 0.683. The summed E-state index contributed by atoms with van der Waals surface area (Å²) >= 11 is 0. The van der Waals surface area contributed by atoms with E-state index in [0.717, 1.165) is 25.0 Å². The van der Waals surface area contributed by atoms with Crippen LogP contribution in [0.2, 0.25) is 0 Å². The maximum absolute atomic E-state index is 5.46. The molecule has 1 N–H and O–H groups in total. The Morgan fingerprint density at radius 2 is 1.56 bits per heavy atom. The first-order valence-electron chi connectivity index (χ1n) is 7.78. The number of hydrogen-bond acceptors (Lipinski definition) is 3. The maximum atomic E-state index is 5.46. The molecule has 2 fully saturated rings. The van der Waals surface area contributed by atoms with E-state index in [1.165, 1.54) is 51.9 Å². The van der Waals surface area contributed by atoms with Crippen molar-refractivity contribution >= 4 is 0 Å². The molecule has 0 aliphatic carbocycles. The Hall–Kier alpha value is -0.120. The average Bonchev–Trinajstić information content (AvgIpc) is 2.40. The number of ether oxygens (including phenoxy) is 1. The smallest absolute Gasteiger partial charge is 0.0469 e. The zero-order chi connectivity index (χ0) is 12.8. The van der Waals surface area contributed by atoms with Gasteiger partial charge >= 0.3 is 0 Å². The summed E-state index contributed by atoms with van der Waals surface area (Å²) in [5.41, 5.74) is 0. The lowest BCUT2D eigenvalue weighted by molar-refractivity contribution is 0.0433. The second kappa shape index (κ2) is 7.46. The van der Waals surface area contributed by atoms with Crippen molar-refractivity contribution in [3.05, 3.63) is 0 Å². The van der Waals surface area contributed by atoms with Crippen LogP contribution in [0.4, 0.5) is 0 Å². The second-order valence-corrected chi connectivity index (χ2v) is 6.30. The van der Waals surface area contributed by atoms with Crippen LogP contribution >= 0.6 is 0 Å². The Kier molecular flexibility index (Phi) is 5.93. The van der Waals surface area contributed by atoms with Crippen LogP contribution in [0.3, 0.4) is 0 Å². The lowest BCUT2D eigenvalue weighted by Gasteiger charge is -2.36. The van der Waals surface area contributed by atoms with Crippen molar-refractivity contribution in [2.24, 2.45) is 11.8 Å². The molecular weight excluding hydrogens is 224 g/mol. The average molecular weight is 254 g/mol. The highest BCUT2D eigenvalue weighted by Crippen LogP contribution is 2.20. The van der Waals surface area contributed by atoms with Crippen molar-refractivity contribution < 1.29 is 4.74 Å². The zero-order valence-corrected chi connectivity index (χ0v) is 12.2. The van der Waals surface area contributed by atoms with E-state index in [0.29, 0.717) is 6.04 Å². The Morgan fingerprint density at radius 3 is 2.11 bits per heavy atom. The molecule has 18 heavy (non-hydrogen) atoms. The van der Waals surface area contributed by atoms with Gasteiger partial charge in [-0.15, -0.1) is 0 Å². The summed E-state index contributed by atoms with van der Waals surface area (Å²) in [5.74, 6) is 1.77. The van der Waals surface area contributed by atoms with Crippen LogP contribution in [0.25, 0.3) is 0 Å². The highest BCUT2D eigenvalue weighted by molar-refractivity contribution is 4.77. The van der Waals surface area contributed by atoms with Gasteiger partial charge in [0.1, 0.15) is 0 Å². The standard InChI is InChI=1S/C15H30N2O/c1-13(2)17(11-14-3-7-16-8-4-14)12-15-5-9-18-10-6-15/h13-16H,3-12H2,1-2H3. The van der Waals surface area contributed by atoms with Gasteiger partial charge < -0.3 is 15.0 Å². The number of nitrogens with one attached hydrogen (secondary N) is 1. The largest absolute Gasteiger partial charge is 0.381 e. The number of piperidine rings is 1. The second-order valence-electron chi connectivity index (χ2n) is 6.30. The molecule has 2 saturated heterocycles. The summed E-state index contributed by atoms with van der Waals surface area (Å²) in [6, 6.07) is 0.683. The van der Waals surface area contributed by atoms with E-state index in [4.69, 9.17) is 4.74 Å². The highest BCUT2D eigenvalue weighted by atomic mass is 16.5. The fourth-order valence-electron chi connectivity index (χ4n) is 3.15. The van der Waals surface area contributed by atoms with Gasteiger partial charge in [-0.25, -0.2) is 0 Å². The van der Waals surface area contributed by atoms with Gasteiger partial charge in [-0.3, -0.25) is 0 Å². The lowest BCUT2D eigenvalue weighted by atomic mass is 9.94. The normalized spacial score (nSPS) is 24.0. The monoisotopic (exact) mass is 254 g/mol. The minimum Gasteiger partial charge on any atom is -0.381 e. The van der Waals surface area contributed by atoms with Gasteiger partial charge in [0, 0.05) is 32.3 Å². The summed E-state index contributed by atoms with van der Waals surface area (Å²) in [4.78, 5) is 2.71. The molecule has 0 atom stereocenters. The van der Waals surface area contributed by atoms with E-state index < -0.39 is 0 Å². The summed E-state index contributed by atoms with van der Waals surface area (Å²) in [5, 5.41) is 3.46. The first-order chi connectivity index (χ1) is 8.75. The van der Waals surface area contributed by atoms with Crippen molar-refractivity contribution in [2.75, 3.05) is 39.4 Å². The van der Waals surface area contributed by atoms with Crippen LogP contribution in [0.15, 0.2) is 0 Å². The number of rotatable bonds is 5. The van der Waals surface area contributed by atoms with Crippen LogP contribution in [-0.4, -0.2) is 50.3 Å². The lowest BCUT2D eigenvalue weighted by Crippen LogP contribution is -2.42. The van der Waals surface area contributed by atoms with Gasteiger partial charge in [-0.2, -0.15) is 0 Å². The van der Waals surface area contributed by atoms with Crippen LogP contribution < -0.4 is 5.32 Å². The van der Waals surface area contributed by atoms with Crippen molar-refractivity contribution in [3.63, 3.8) is 0 Å². The van der Waals surface area contributed by atoms with Crippen LogP contribution in [0.5, 0.6) is 0 Å². The van der Waals surface area contributed by atoms with Gasteiger partial charge in [-0.05, 0) is 64.5 Å². The summed E-state index contributed by atoms with van der Waals surface area (Å²) < 4.78 is 5.46. The van der Waals surface area contributed by atoms with E-state index in [-0.39, 0.29) is 0 Å². The van der Waals surface area contributed by atoms with Crippen molar-refractivity contribution in [1.29, 1.82) is 0 Å². The molecule has 0 radical (unpaired) electrons. The molecule has 0 spiro atoms. The molecule has 3 nitrogen and oxygen atoms in total. The van der Waals surface area contributed by atoms with E-state index in [2.05, 4.69) is 24.1 Å². The summed E-state index contributed by atoms with van der Waals surface area (Å²) in [6.07, 6.45) is 5.24. The molecule has 0 bridgehead atoms. The van der Waals surface area contributed by atoms with Crippen molar-refractivity contribution in [3.8, 4) is 0 Å².